The molecule has 28 heavy (non-hydrogen) atoms. The van der Waals surface area contributed by atoms with Crippen molar-refractivity contribution in [1.82, 2.24) is 0 Å². The van der Waals surface area contributed by atoms with Crippen LogP contribution in [0.2, 0.25) is 0 Å². The first-order chi connectivity index (χ1) is 11.4. The molecule has 0 fully saturated rings. The van der Waals surface area contributed by atoms with Crippen LogP contribution in [0.25, 0.3) is 5.31 Å². The zero-order valence-corrected chi connectivity index (χ0v) is 21.8. The number of benzene rings is 3. The van der Waals surface area contributed by atoms with Crippen molar-refractivity contribution in [3.05, 3.63) is 103 Å². The summed E-state index contributed by atoms with van der Waals surface area (Å²) < 4.78 is 0. The van der Waals surface area contributed by atoms with Gasteiger partial charge in [-0.3, -0.25) is 0 Å². The first-order valence-electron chi connectivity index (χ1n) is 8.06. The molecule has 0 aliphatic carbocycles. The normalized spacial score (nSPS) is 9.57. The van der Waals surface area contributed by atoms with Gasteiger partial charge in [0.1, 0.15) is 0 Å². The Morgan fingerprint density at radius 2 is 1.00 bits per heavy atom. The quantitative estimate of drug-likeness (QED) is 0.278. The van der Waals surface area contributed by atoms with Crippen molar-refractivity contribution in [3.63, 3.8) is 0 Å². The van der Waals surface area contributed by atoms with Crippen LogP contribution in [-0.2, 0) is 26.2 Å². The zero-order chi connectivity index (χ0) is 15.9. The molecule has 0 aromatic heterocycles. The van der Waals surface area contributed by atoms with Gasteiger partial charge in [-0.2, -0.15) is 0 Å². The summed E-state index contributed by atoms with van der Waals surface area (Å²) in [5, 5.41) is 4.25. The molecule has 3 rings (SSSR count). The summed E-state index contributed by atoms with van der Waals surface area (Å²) in [6.45, 7) is 2.21. The molecule has 0 bridgehead atoms. The SMILES string of the molecule is CCC=C(c1ccccc1)P(c1ccccc1)c1ccccc1.[Cl-].[Cl-].[Cl-].[Cl-].[Zr+4]. The second-order valence-electron chi connectivity index (χ2n) is 5.37. The van der Waals surface area contributed by atoms with Gasteiger partial charge in [-0.25, -0.2) is 0 Å². The van der Waals surface area contributed by atoms with Crippen molar-refractivity contribution < 1.29 is 75.8 Å². The van der Waals surface area contributed by atoms with E-state index in [2.05, 4.69) is 104 Å². The molecule has 0 aliphatic heterocycles. The number of hydrogen-bond donors (Lipinski definition) is 0. The molecule has 0 saturated carbocycles. The maximum absolute atomic E-state index is 2.39. The molecule has 0 radical (unpaired) electrons. The zero-order valence-electron chi connectivity index (χ0n) is 15.4. The largest absolute Gasteiger partial charge is 4.00 e. The number of hydrogen-bond acceptors (Lipinski definition) is 0. The van der Waals surface area contributed by atoms with Gasteiger partial charge in [-0.15, -0.1) is 0 Å². The maximum atomic E-state index is 2.39. The number of halogens is 4. The minimum Gasteiger partial charge on any atom is -1.00 e. The van der Waals surface area contributed by atoms with Crippen molar-refractivity contribution in [2.45, 2.75) is 13.3 Å². The van der Waals surface area contributed by atoms with Gasteiger partial charge in [0, 0.05) is 0 Å². The fourth-order valence-corrected chi connectivity index (χ4v) is 5.29. The summed E-state index contributed by atoms with van der Waals surface area (Å²) in [5.41, 5.74) is 1.33. The summed E-state index contributed by atoms with van der Waals surface area (Å²) >= 11 is 0. The third-order valence-corrected chi connectivity index (χ3v) is 6.29. The van der Waals surface area contributed by atoms with Crippen LogP contribution >= 0.6 is 7.92 Å². The van der Waals surface area contributed by atoms with Crippen molar-refractivity contribution >= 4 is 23.8 Å². The van der Waals surface area contributed by atoms with Crippen molar-refractivity contribution in [1.29, 1.82) is 0 Å². The fraction of sp³-hybridized carbons (Fsp3) is 0.0909. The third-order valence-electron chi connectivity index (χ3n) is 3.74. The third kappa shape index (κ3) is 8.71. The van der Waals surface area contributed by atoms with Crippen LogP contribution in [-0.4, -0.2) is 0 Å². The Kier molecular flexibility index (Phi) is 20.6. The molecule has 0 unspecified atom stereocenters. The molecule has 0 atom stereocenters. The van der Waals surface area contributed by atoms with E-state index in [4.69, 9.17) is 0 Å². The second kappa shape index (κ2) is 17.7. The fourth-order valence-electron chi connectivity index (χ4n) is 2.72. The van der Waals surface area contributed by atoms with E-state index in [1.165, 1.54) is 21.5 Å². The topological polar surface area (TPSA) is 0 Å². The molecule has 0 amide bonds. The van der Waals surface area contributed by atoms with E-state index in [1.807, 2.05) is 0 Å². The van der Waals surface area contributed by atoms with Gasteiger partial charge in [0.15, 0.2) is 0 Å². The van der Waals surface area contributed by atoms with E-state index < -0.39 is 7.92 Å². The summed E-state index contributed by atoms with van der Waals surface area (Å²) in [6, 6.07) is 32.6. The molecule has 3 aromatic carbocycles. The van der Waals surface area contributed by atoms with Crippen molar-refractivity contribution in [2.24, 2.45) is 0 Å². The van der Waals surface area contributed by atoms with Gasteiger partial charge in [0.05, 0.1) is 0 Å². The second-order valence-corrected chi connectivity index (χ2v) is 7.56. The van der Waals surface area contributed by atoms with Crippen molar-refractivity contribution in [2.75, 3.05) is 0 Å². The van der Waals surface area contributed by atoms with Crippen LogP contribution in [0.1, 0.15) is 18.9 Å². The van der Waals surface area contributed by atoms with E-state index in [9.17, 15) is 0 Å². The summed E-state index contributed by atoms with van der Waals surface area (Å²) in [6.07, 6.45) is 3.43. The Morgan fingerprint density at radius 1 is 0.643 bits per heavy atom. The van der Waals surface area contributed by atoms with E-state index in [1.54, 1.807) is 0 Å². The van der Waals surface area contributed by atoms with Crippen molar-refractivity contribution in [3.8, 4) is 0 Å². The van der Waals surface area contributed by atoms with Gasteiger partial charge in [0.25, 0.3) is 0 Å². The Morgan fingerprint density at radius 3 is 1.36 bits per heavy atom. The smallest absolute Gasteiger partial charge is 1.00 e. The number of rotatable bonds is 5. The monoisotopic (exact) mass is 546 g/mol. The van der Waals surface area contributed by atoms with E-state index >= 15 is 0 Å². The average molecular weight is 549 g/mol. The Hall–Kier alpha value is -0.127. The number of allylic oxidation sites excluding steroid dienone is 1. The molecule has 3 aromatic rings. The first kappa shape index (κ1) is 32.5. The standard InChI is InChI=1S/C22H21P.4ClH.Zr/c1-2-12-22(19-13-6-3-7-14-19)23(20-15-8-4-9-16-20)21-17-10-5-11-18-21;;;;;/h3-18H,2H2,1H3;4*1H;/q;;;;;+4/p-4. The van der Waals surface area contributed by atoms with Crippen LogP contribution in [0.3, 0.4) is 0 Å². The Labute approximate surface area is 214 Å². The van der Waals surface area contributed by atoms with Gasteiger partial charge >= 0.3 is 26.2 Å². The van der Waals surface area contributed by atoms with E-state index in [-0.39, 0.29) is 75.8 Å². The molecular weight excluding hydrogens is 528 g/mol. The minimum atomic E-state index is -0.535. The summed E-state index contributed by atoms with van der Waals surface area (Å²) in [4.78, 5) is 0. The van der Waals surface area contributed by atoms with Gasteiger partial charge in [0.2, 0.25) is 0 Å². The molecule has 0 N–H and O–H groups in total. The average Bonchev–Trinajstić information content (AvgIpc) is 2.64. The molecule has 0 saturated heterocycles. The predicted octanol–water partition coefficient (Wildman–Crippen LogP) is -6.42. The predicted molar refractivity (Wildman–Crippen MR) is 104 cm³/mol. The first-order valence-corrected chi connectivity index (χ1v) is 9.40. The Bertz CT molecular complexity index is 729. The van der Waals surface area contributed by atoms with Crippen LogP contribution < -0.4 is 60.2 Å². The molecular formula is C22H21Cl4PZr. The Balaban J connectivity index is -0.00000125. The molecule has 0 aliphatic rings. The van der Waals surface area contributed by atoms with E-state index in [0.717, 1.165) is 6.42 Å². The van der Waals surface area contributed by atoms with Crippen LogP contribution in [0.4, 0.5) is 0 Å². The van der Waals surface area contributed by atoms with Crippen LogP contribution in [0.15, 0.2) is 97.1 Å². The summed E-state index contributed by atoms with van der Waals surface area (Å²) in [5.74, 6) is 0. The van der Waals surface area contributed by atoms with Gasteiger partial charge < -0.3 is 49.6 Å². The molecule has 6 heteroatoms. The molecule has 0 spiro atoms. The van der Waals surface area contributed by atoms with Crippen LogP contribution in [0.5, 0.6) is 0 Å². The molecule has 0 heterocycles. The summed E-state index contributed by atoms with van der Waals surface area (Å²) in [7, 11) is -0.535. The molecule has 0 nitrogen and oxygen atoms in total. The van der Waals surface area contributed by atoms with Crippen LogP contribution in [0, 0.1) is 0 Å². The van der Waals surface area contributed by atoms with Gasteiger partial charge in [-0.05, 0) is 35.8 Å². The minimum absolute atomic E-state index is 0. The maximum Gasteiger partial charge on any atom is 4.00 e. The molecule has 146 valence electrons. The van der Waals surface area contributed by atoms with Gasteiger partial charge in [-0.1, -0.05) is 104 Å². The van der Waals surface area contributed by atoms with E-state index in [0.29, 0.717) is 0 Å².